The summed E-state index contributed by atoms with van der Waals surface area (Å²) in [6.45, 7) is 9.44. The molecular formula is C16H33N7O2. The summed E-state index contributed by atoms with van der Waals surface area (Å²) in [7, 11) is 0. The number of nitrogens with two attached hydrogens (primary N) is 1. The number of aliphatic imine (C=N–C) groups is 1. The van der Waals surface area contributed by atoms with Gasteiger partial charge < -0.3 is 37.4 Å². The minimum atomic E-state index is -1.23. The van der Waals surface area contributed by atoms with Crippen molar-refractivity contribution in [3.8, 4) is 0 Å². The van der Waals surface area contributed by atoms with Gasteiger partial charge in [-0.2, -0.15) is 0 Å². The van der Waals surface area contributed by atoms with Crippen LogP contribution in [0.25, 0.3) is 0 Å². The highest BCUT2D eigenvalue weighted by Crippen LogP contribution is 2.17. The van der Waals surface area contributed by atoms with Crippen LogP contribution < -0.4 is 32.3 Å². The Morgan fingerprint density at radius 3 is 1.84 bits per heavy atom. The number of fused-ring (bicyclic) bond motifs is 14. The summed E-state index contributed by atoms with van der Waals surface area (Å²) in [6.07, 6.45) is 0. The van der Waals surface area contributed by atoms with Gasteiger partial charge in [0.1, 0.15) is 11.3 Å². The van der Waals surface area contributed by atoms with Gasteiger partial charge in [-0.3, -0.25) is 9.79 Å². The molecule has 0 aromatic rings. The van der Waals surface area contributed by atoms with Gasteiger partial charge in [0.15, 0.2) is 0 Å². The molecule has 0 saturated carbocycles. The monoisotopic (exact) mass is 355 g/mol. The van der Waals surface area contributed by atoms with E-state index in [2.05, 4.69) is 38.5 Å². The molecule has 0 aromatic carbocycles. The van der Waals surface area contributed by atoms with Crippen LogP contribution in [0.15, 0.2) is 4.99 Å². The van der Waals surface area contributed by atoms with Gasteiger partial charge in [0.25, 0.3) is 0 Å². The molecule has 9 nitrogen and oxygen atoms in total. The third-order valence-electron chi connectivity index (χ3n) is 4.94. The van der Waals surface area contributed by atoms with Gasteiger partial charge in [-0.15, -0.1) is 0 Å². The van der Waals surface area contributed by atoms with Crippen molar-refractivity contribution in [2.24, 2.45) is 21.6 Å². The Labute approximate surface area is 149 Å². The molecule has 0 radical (unpaired) electrons. The zero-order chi connectivity index (χ0) is 18.2. The second-order valence-electron chi connectivity index (χ2n) is 7.35. The van der Waals surface area contributed by atoms with Crippen LogP contribution in [0.1, 0.15) is 6.92 Å². The van der Waals surface area contributed by atoms with Gasteiger partial charge in [0.2, 0.25) is 0 Å². The van der Waals surface area contributed by atoms with Crippen molar-refractivity contribution < 1.29 is 9.90 Å². The topological polar surface area (TPSA) is 136 Å². The third-order valence-corrected chi connectivity index (χ3v) is 4.94. The number of amidine groups is 1. The zero-order valence-electron chi connectivity index (χ0n) is 15.2. The van der Waals surface area contributed by atoms with Crippen molar-refractivity contribution >= 4 is 11.8 Å². The maximum Gasteiger partial charge on any atom is 0.319 e. The lowest BCUT2D eigenvalue weighted by Gasteiger charge is -2.33. The predicted octanol–water partition coefficient (Wildman–Crippen LogP) is -2.60. The Morgan fingerprint density at radius 2 is 1.36 bits per heavy atom. The molecule has 25 heavy (non-hydrogen) atoms. The number of nitrogens with one attached hydrogen (secondary N) is 5. The van der Waals surface area contributed by atoms with E-state index in [0.29, 0.717) is 26.2 Å². The van der Waals surface area contributed by atoms with E-state index in [1.165, 1.54) is 0 Å². The predicted molar refractivity (Wildman–Crippen MR) is 99.0 cm³/mol. The average Bonchev–Trinajstić information content (AvgIpc) is 2.57. The number of rotatable bonds is 1. The maximum absolute atomic E-state index is 12.1. The van der Waals surface area contributed by atoms with E-state index in [9.17, 15) is 9.90 Å². The summed E-state index contributed by atoms with van der Waals surface area (Å²) >= 11 is 0. The minimum absolute atomic E-state index is 0.0916. The van der Waals surface area contributed by atoms with Gasteiger partial charge in [-0.25, -0.2) is 0 Å². The van der Waals surface area contributed by atoms with Gasteiger partial charge in [-0.05, 0) is 0 Å². The largest absolute Gasteiger partial charge is 0.480 e. The highest BCUT2D eigenvalue weighted by molar-refractivity contribution is 6.04. The second kappa shape index (κ2) is 9.44. The summed E-state index contributed by atoms with van der Waals surface area (Å²) in [5, 5.41) is 26.7. The Kier molecular flexibility index (Phi) is 7.57. The molecule has 0 unspecified atom stereocenters. The average molecular weight is 355 g/mol. The van der Waals surface area contributed by atoms with Gasteiger partial charge in [-0.1, -0.05) is 6.92 Å². The molecule has 3 heterocycles. The molecule has 0 spiro atoms. The van der Waals surface area contributed by atoms with E-state index in [1.807, 2.05) is 0 Å². The molecular weight excluding hydrogens is 322 g/mol. The quantitative estimate of drug-likeness (QED) is 0.272. The molecule has 3 aliphatic rings. The van der Waals surface area contributed by atoms with Crippen LogP contribution in [0, 0.1) is 10.8 Å². The van der Waals surface area contributed by atoms with Crippen LogP contribution in [-0.4, -0.2) is 88.9 Å². The Morgan fingerprint density at radius 1 is 0.920 bits per heavy atom. The van der Waals surface area contributed by atoms with Crippen molar-refractivity contribution in [2.75, 3.05) is 72.0 Å². The van der Waals surface area contributed by atoms with Crippen LogP contribution in [0.3, 0.4) is 0 Å². The first-order valence-corrected chi connectivity index (χ1v) is 9.06. The summed E-state index contributed by atoms with van der Waals surface area (Å²) in [4.78, 5) is 16.4. The van der Waals surface area contributed by atoms with Crippen LogP contribution >= 0.6 is 0 Å². The molecule has 8 N–H and O–H groups in total. The first-order valence-electron chi connectivity index (χ1n) is 9.06. The van der Waals surface area contributed by atoms with Crippen LogP contribution in [0.2, 0.25) is 0 Å². The van der Waals surface area contributed by atoms with E-state index < -0.39 is 11.4 Å². The first-order chi connectivity index (χ1) is 12.0. The normalized spacial score (nSPS) is 33.9. The molecule has 0 amide bonds. The van der Waals surface area contributed by atoms with E-state index in [1.54, 1.807) is 0 Å². The lowest BCUT2D eigenvalue weighted by molar-refractivity contribution is -0.144. The molecule has 0 aromatic heterocycles. The third kappa shape index (κ3) is 5.61. The number of nitrogens with zero attached hydrogens (tertiary/aromatic N) is 1. The standard InChI is InChI=1S/C16H33N7O2/c1-15-8-18-2-4-21-11-16(14(24)25,12-22-5-3-19-9-15)13(17)23-7-6-20-10-15/h18-22H,2-12H2,1H3,(H2,17,23)(H,24,25). The van der Waals surface area contributed by atoms with Crippen LogP contribution in [0.5, 0.6) is 0 Å². The molecule has 1 saturated heterocycles. The van der Waals surface area contributed by atoms with E-state index in [-0.39, 0.29) is 24.3 Å². The zero-order valence-corrected chi connectivity index (χ0v) is 15.2. The number of hydrogen-bond acceptors (Lipinski definition) is 8. The number of carboxylic acids is 1. The fraction of sp³-hybridized carbons (Fsp3) is 0.875. The Bertz CT molecular complexity index is 453. The fourth-order valence-electron chi connectivity index (χ4n) is 3.23. The van der Waals surface area contributed by atoms with Crippen molar-refractivity contribution in [3.05, 3.63) is 0 Å². The van der Waals surface area contributed by atoms with E-state index in [0.717, 1.165) is 32.7 Å². The van der Waals surface area contributed by atoms with Crippen LogP contribution in [0.4, 0.5) is 0 Å². The number of carbonyl (C=O) groups is 1. The summed E-state index contributed by atoms with van der Waals surface area (Å²) in [6, 6.07) is 0. The number of carboxylic acid groups (broad SMARTS) is 1. The highest BCUT2D eigenvalue weighted by atomic mass is 16.4. The van der Waals surface area contributed by atoms with Crippen molar-refractivity contribution in [1.29, 1.82) is 0 Å². The Balaban J connectivity index is 2.27. The molecule has 1 fully saturated rings. The molecule has 3 rings (SSSR count). The maximum atomic E-state index is 12.1. The molecule has 0 aliphatic carbocycles. The van der Waals surface area contributed by atoms with E-state index >= 15 is 0 Å². The SMILES string of the molecule is CC12CNCCN=C(N)C(C(=O)O)(CNCCNC1)CNCCNC2. The van der Waals surface area contributed by atoms with Gasteiger partial charge in [0.05, 0.1) is 6.54 Å². The molecule has 3 aliphatic heterocycles. The molecule has 144 valence electrons. The number of aliphatic carboxylic acids is 1. The lowest BCUT2D eigenvalue weighted by Crippen LogP contribution is -2.58. The molecule has 0 atom stereocenters. The number of hydrogen-bond donors (Lipinski definition) is 7. The Hall–Kier alpha value is -1.26. The van der Waals surface area contributed by atoms with Gasteiger partial charge >= 0.3 is 5.97 Å². The minimum Gasteiger partial charge on any atom is -0.480 e. The lowest BCUT2D eigenvalue weighted by atomic mass is 9.86. The highest BCUT2D eigenvalue weighted by Gasteiger charge is 2.42. The smallest absolute Gasteiger partial charge is 0.319 e. The van der Waals surface area contributed by atoms with Crippen molar-refractivity contribution in [2.45, 2.75) is 6.92 Å². The summed E-state index contributed by atoms with van der Waals surface area (Å²) in [5.41, 5.74) is 5.00. The van der Waals surface area contributed by atoms with E-state index in [4.69, 9.17) is 5.73 Å². The summed E-state index contributed by atoms with van der Waals surface area (Å²) < 4.78 is 0. The van der Waals surface area contributed by atoms with Gasteiger partial charge in [0, 0.05) is 70.9 Å². The molecule has 2 bridgehead atoms. The first kappa shape index (κ1) is 20.1. The second-order valence-corrected chi connectivity index (χ2v) is 7.35. The fourth-order valence-corrected chi connectivity index (χ4v) is 3.23. The molecule has 9 heteroatoms. The van der Waals surface area contributed by atoms with Crippen molar-refractivity contribution in [1.82, 2.24) is 26.6 Å². The summed E-state index contributed by atoms with van der Waals surface area (Å²) in [5.74, 6) is -0.769. The van der Waals surface area contributed by atoms with Crippen molar-refractivity contribution in [3.63, 3.8) is 0 Å². The van der Waals surface area contributed by atoms with Crippen LogP contribution in [-0.2, 0) is 4.79 Å².